The summed E-state index contributed by atoms with van der Waals surface area (Å²) in [7, 11) is 1.88. The first-order valence-corrected chi connectivity index (χ1v) is 10.9. The van der Waals surface area contributed by atoms with Crippen LogP contribution in [0.2, 0.25) is 5.15 Å². The number of piperazine rings is 1. The monoisotopic (exact) mass is 409 g/mol. The fourth-order valence-electron chi connectivity index (χ4n) is 4.89. The number of ether oxygens (including phenoxy) is 1. The molecule has 0 aromatic carbocycles. The van der Waals surface area contributed by atoms with E-state index in [0.717, 1.165) is 94.6 Å². The summed E-state index contributed by atoms with van der Waals surface area (Å²) in [6.45, 7) is 9.14. The smallest absolute Gasteiger partial charge is 0.240 e. The normalized spacial score (nSPS) is 26.2. The van der Waals surface area contributed by atoms with E-state index in [9.17, 15) is 4.79 Å². The average molecular weight is 410 g/mol. The van der Waals surface area contributed by atoms with Gasteiger partial charge in [0.15, 0.2) is 0 Å². The number of halogens is 1. The molecule has 0 N–H and O–H groups in total. The van der Waals surface area contributed by atoms with Crippen LogP contribution < -0.4 is 0 Å². The maximum absolute atomic E-state index is 13.2. The quantitative estimate of drug-likeness (QED) is 0.757. The maximum atomic E-state index is 13.2. The average Bonchev–Trinajstić information content (AvgIpc) is 2.95. The van der Waals surface area contributed by atoms with E-state index in [1.807, 2.05) is 14.0 Å². The standard InChI is InChI=1S/C20H32ClN5O2/c1-15-17(19(21)23(2)22-15)14-24-8-10-25(11-9-24)18-4-3-7-26(20(18)27)16-5-12-28-13-6-16/h16,18H,3-14H2,1-2H3. The van der Waals surface area contributed by atoms with Gasteiger partial charge in [-0.2, -0.15) is 5.10 Å². The second-order valence-corrected chi connectivity index (χ2v) is 8.68. The van der Waals surface area contributed by atoms with Gasteiger partial charge in [0.05, 0.1) is 11.7 Å². The SMILES string of the molecule is Cc1nn(C)c(Cl)c1CN1CCN(C2CCCN(C3CCOCC3)C2=O)CC1. The third-order valence-corrected chi connectivity index (χ3v) is 7.05. The van der Waals surface area contributed by atoms with Gasteiger partial charge in [-0.05, 0) is 32.6 Å². The fourth-order valence-corrected chi connectivity index (χ4v) is 5.12. The van der Waals surface area contributed by atoms with Gasteiger partial charge in [-0.25, -0.2) is 0 Å². The molecule has 3 aliphatic heterocycles. The van der Waals surface area contributed by atoms with E-state index in [4.69, 9.17) is 16.3 Å². The van der Waals surface area contributed by atoms with E-state index in [0.29, 0.717) is 11.9 Å². The second-order valence-electron chi connectivity index (χ2n) is 8.32. The molecule has 1 aromatic heterocycles. The zero-order chi connectivity index (χ0) is 19.7. The summed E-state index contributed by atoms with van der Waals surface area (Å²) in [4.78, 5) is 20.2. The van der Waals surface area contributed by atoms with Crippen molar-refractivity contribution in [1.29, 1.82) is 0 Å². The van der Waals surface area contributed by atoms with Crippen molar-refractivity contribution in [2.75, 3.05) is 45.9 Å². The minimum atomic E-state index is 0.0578. The summed E-state index contributed by atoms with van der Waals surface area (Å²) >= 11 is 6.40. The highest BCUT2D eigenvalue weighted by atomic mass is 35.5. The first-order valence-electron chi connectivity index (χ1n) is 10.6. The molecule has 4 heterocycles. The van der Waals surface area contributed by atoms with E-state index in [1.54, 1.807) is 4.68 Å². The highest BCUT2D eigenvalue weighted by molar-refractivity contribution is 6.30. The number of carbonyl (C=O) groups excluding carboxylic acids is 1. The molecule has 0 spiro atoms. The molecular formula is C20H32ClN5O2. The van der Waals surface area contributed by atoms with Crippen LogP contribution in [0.4, 0.5) is 0 Å². The summed E-state index contributed by atoms with van der Waals surface area (Å²) < 4.78 is 7.22. The van der Waals surface area contributed by atoms with Gasteiger partial charge in [0.25, 0.3) is 0 Å². The summed E-state index contributed by atoms with van der Waals surface area (Å²) in [5.41, 5.74) is 2.13. The predicted molar refractivity (Wildman–Crippen MR) is 108 cm³/mol. The van der Waals surface area contributed by atoms with Crippen molar-refractivity contribution in [3.05, 3.63) is 16.4 Å². The molecular weight excluding hydrogens is 378 g/mol. The summed E-state index contributed by atoms with van der Waals surface area (Å²) in [5, 5.41) is 5.15. The lowest BCUT2D eigenvalue weighted by molar-refractivity contribution is -0.145. The molecule has 0 saturated carbocycles. The lowest BCUT2D eigenvalue weighted by Crippen LogP contribution is -2.59. The third-order valence-electron chi connectivity index (χ3n) is 6.58. The number of likely N-dealkylation sites (tertiary alicyclic amines) is 1. The van der Waals surface area contributed by atoms with E-state index in [1.165, 1.54) is 0 Å². The molecule has 1 atom stereocenters. The molecule has 3 saturated heterocycles. The van der Waals surface area contributed by atoms with E-state index in [-0.39, 0.29) is 6.04 Å². The Balaban J connectivity index is 1.33. The number of rotatable bonds is 4. The molecule has 4 rings (SSSR count). The number of hydrogen-bond acceptors (Lipinski definition) is 5. The lowest BCUT2D eigenvalue weighted by atomic mass is 9.97. The Morgan fingerprint density at radius 3 is 2.46 bits per heavy atom. The minimum Gasteiger partial charge on any atom is -0.381 e. The lowest BCUT2D eigenvalue weighted by Gasteiger charge is -2.45. The van der Waals surface area contributed by atoms with Crippen LogP contribution in [0.1, 0.15) is 36.9 Å². The molecule has 0 radical (unpaired) electrons. The van der Waals surface area contributed by atoms with Crippen molar-refractivity contribution >= 4 is 17.5 Å². The van der Waals surface area contributed by atoms with Crippen molar-refractivity contribution in [2.45, 2.75) is 51.2 Å². The van der Waals surface area contributed by atoms with Gasteiger partial charge >= 0.3 is 0 Å². The molecule has 1 unspecified atom stereocenters. The molecule has 3 fully saturated rings. The van der Waals surface area contributed by atoms with Crippen LogP contribution in [-0.2, 0) is 23.1 Å². The Morgan fingerprint density at radius 1 is 1.11 bits per heavy atom. The second kappa shape index (κ2) is 8.69. The van der Waals surface area contributed by atoms with Crippen LogP contribution in [0.25, 0.3) is 0 Å². The Hall–Kier alpha value is -1.15. The third kappa shape index (κ3) is 4.08. The molecule has 3 aliphatic rings. The fraction of sp³-hybridized carbons (Fsp3) is 0.800. The number of hydrogen-bond donors (Lipinski definition) is 0. The highest BCUT2D eigenvalue weighted by Crippen LogP contribution is 2.26. The Morgan fingerprint density at radius 2 is 1.82 bits per heavy atom. The maximum Gasteiger partial charge on any atom is 0.240 e. The van der Waals surface area contributed by atoms with E-state index in [2.05, 4.69) is 19.8 Å². The number of piperidine rings is 1. The first-order chi connectivity index (χ1) is 13.5. The van der Waals surface area contributed by atoms with Gasteiger partial charge in [0.1, 0.15) is 5.15 Å². The molecule has 8 heteroatoms. The van der Waals surface area contributed by atoms with Crippen LogP contribution in [0, 0.1) is 6.92 Å². The molecule has 28 heavy (non-hydrogen) atoms. The van der Waals surface area contributed by atoms with Crippen LogP contribution in [-0.4, -0.2) is 88.4 Å². The first kappa shape index (κ1) is 20.1. The molecule has 0 bridgehead atoms. The van der Waals surface area contributed by atoms with Gasteiger partial charge in [0, 0.05) is 71.1 Å². The predicted octanol–water partition coefficient (Wildman–Crippen LogP) is 1.67. The number of aromatic nitrogens is 2. The van der Waals surface area contributed by atoms with E-state index >= 15 is 0 Å². The van der Waals surface area contributed by atoms with Gasteiger partial charge in [-0.1, -0.05) is 11.6 Å². The van der Waals surface area contributed by atoms with Gasteiger partial charge in [-0.3, -0.25) is 19.3 Å². The Kier molecular flexibility index (Phi) is 6.25. The molecule has 7 nitrogen and oxygen atoms in total. The molecule has 1 amide bonds. The van der Waals surface area contributed by atoms with E-state index < -0.39 is 0 Å². The Labute approximate surface area is 172 Å². The van der Waals surface area contributed by atoms with Crippen LogP contribution in [0.15, 0.2) is 0 Å². The largest absolute Gasteiger partial charge is 0.381 e. The number of aryl methyl sites for hydroxylation is 2. The summed E-state index contributed by atoms with van der Waals surface area (Å²) in [6, 6.07) is 0.434. The zero-order valence-electron chi connectivity index (χ0n) is 17.1. The summed E-state index contributed by atoms with van der Waals surface area (Å²) in [5.74, 6) is 0.345. The highest BCUT2D eigenvalue weighted by Gasteiger charge is 2.38. The summed E-state index contributed by atoms with van der Waals surface area (Å²) in [6.07, 6.45) is 4.07. The molecule has 0 aliphatic carbocycles. The zero-order valence-corrected chi connectivity index (χ0v) is 17.8. The molecule has 1 aromatic rings. The van der Waals surface area contributed by atoms with Crippen LogP contribution in [0.3, 0.4) is 0 Å². The topological polar surface area (TPSA) is 53.8 Å². The number of nitrogens with zero attached hydrogens (tertiary/aromatic N) is 5. The number of carbonyl (C=O) groups is 1. The van der Waals surface area contributed by atoms with Crippen LogP contribution >= 0.6 is 11.6 Å². The van der Waals surface area contributed by atoms with Crippen molar-refractivity contribution in [3.8, 4) is 0 Å². The van der Waals surface area contributed by atoms with Gasteiger partial charge < -0.3 is 9.64 Å². The minimum absolute atomic E-state index is 0.0578. The van der Waals surface area contributed by atoms with Crippen molar-refractivity contribution in [2.24, 2.45) is 7.05 Å². The van der Waals surface area contributed by atoms with Gasteiger partial charge in [-0.15, -0.1) is 0 Å². The van der Waals surface area contributed by atoms with Crippen molar-refractivity contribution in [1.82, 2.24) is 24.5 Å². The van der Waals surface area contributed by atoms with Crippen LogP contribution in [0.5, 0.6) is 0 Å². The van der Waals surface area contributed by atoms with Crippen molar-refractivity contribution in [3.63, 3.8) is 0 Å². The van der Waals surface area contributed by atoms with Gasteiger partial charge in [0.2, 0.25) is 5.91 Å². The number of amides is 1. The Bertz CT molecular complexity index is 695. The molecule has 156 valence electrons. The van der Waals surface area contributed by atoms with Crippen molar-refractivity contribution < 1.29 is 9.53 Å².